The van der Waals surface area contributed by atoms with Crippen LogP contribution in [0.2, 0.25) is 0 Å². The fourth-order valence-corrected chi connectivity index (χ4v) is 3.89. The minimum Gasteiger partial charge on any atom is -0.378 e. The van der Waals surface area contributed by atoms with Gasteiger partial charge >= 0.3 is 0 Å². The van der Waals surface area contributed by atoms with Crippen LogP contribution >= 0.6 is 0 Å². The van der Waals surface area contributed by atoms with Crippen molar-refractivity contribution in [2.45, 2.75) is 63.6 Å². The molecule has 0 bridgehead atoms. The topological polar surface area (TPSA) is 18.5 Å². The van der Waals surface area contributed by atoms with Crippen LogP contribution in [0.15, 0.2) is 0 Å². The lowest BCUT2D eigenvalue weighted by Gasteiger charge is -2.34. The Morgan fingerprint density at radius 2 is 1.19 bits per heavy atom. The third-order valence-electron chi connectivity index (χ3n) is 4.74. The Hall–Kier alpha value is -0.0800. The summed E-state index contributed by atoms with van der Waals surface area (Å²) in [6, 6.07) is 0. The number of ether oxygens (including phenoxy) is 2. The quantitative estimate of drug-likeness (QED) is 0.717. The van der Waals surface area contributed by atoms with Crippen molar-refractivity contribution in [3.8, 4) is 0 Å². The molecule has 2 aliphatic heterocycles. The van der Waals surface area contributed by atoms with E-state index in [1.165, 1.54) is 51.4 Å². The Morgan fingerprint density at radius 3 is 1.62 bits per heavy atom. The van der Waals surface area contributed by atoms with Crippen LogP contribution in [0.3, 0.4) is 0 Å². The second-order valence-corrected chi connectivity index (χ2v) is 5.79. The molecule has 2 nitrogen and oxygen atoms in total. The molecule has 2 saturated heterocycles. The van der Waals surface area contributed by atoms with E-state index in [4.69, 9.17) is 9.47 Å². The molecule has 1 saturated carbocycles. The van der Waals surface area contributed by atoms with Gasteiger partial charge in [0.15, 0.2) is 0 Å². The summed E-state index contributed by atoms with van der Waals surface area (Å²) in [6.07, 6.45) is 11.9. The van der Waals surface area contributed by atoms with E-state index in [1.54, 1.807) is 0 Å². The minimum absolute atomic E-state index is 0.587. The molecule has 0 aromatic carbocycles. The van der Waals surface area contributed by atoms with E-state index in [2.05, 4.69) is 0 Å². The van der Waals surface area contributed by atoms with E-state index in [9.17, 15) is 0 Å². The van der Waals surface area contributed by atoms with Crippen molar-refractivity contribution in [2.24, 2.45) is 11.8 Å². The van der Waals surface area contributed by atoms with Crippen molar-refractivity contribution in [3.05, 3.63) is 0 Å². The maximum atomic E-state index is 5.86. The van der Waals surface area contributed by atoms with Crippen LogP contribution in [0, 0.1) is 11.8 Å². The van der Waals surface area contributed by atoms with Gasteiger partial charge in [-0.15, -0.1) is 0 Å². The summed E-state index contributed by atoms with van der Waals surface area (Å²) in [5, 5.41) is 0. The molecule has 3 rings (SSSR count). The van der Waals surface area contributed by atoms with Gasteiger partial charge in [-0.2, -0.15) is 0 Å². The summed E-state index contributed by atoms with van der Waals surface area (Å²) in [5.41, 5.74) is 0. The molecular formula is C14H24O2. The zero-order chi connectivity index (χ0) is 10.8. The number of rotatable bonds is 2. The lowest BCUT2D eigenvalue weighted by molar-refractivity contribution is -0.00205. The first kappa shape index (κ1) is 11.0. The third kappa shape index (κ3) is 2.28. The summed E-state index contributed by atoms with van der Waals surface area (Å²) in [5.74, 6) is 1.68. The first-order chi connectivity index (χ1) is 7.93. The summed E-state index contributed by atoms with van der Waals surface area (Å²) in [4.78, 5) is 0. The van der Waals surface area contributed by atoms with Crippen LogP contribution in [0.5, 0.6) is 0 Å². The SMILES string of the molecule is C1CC(C2CCCO2)CC(C2CCCO2)C1. The molecule has 92 valence electrons. The fourth-order valence-electron chi connectivity index (χ4n) is 3.89. The highest BCUT2D eigenvalue weighted by molar-refractivity contribution is 4.85. The zero-order valence-corrected chi connectivity index (χ0v) is 10.2. The van der Waals surface area contributed by atoms with Gasteiger partial charge < -0.3 is 9.47 Å². The number of hydrogen-bond acceptors (Lipinski definition) is 2. The average Bonchev–Trinajstić information content (AvgIpc) is 3.03. The summed E-state index contributed by atoms with van der Waals surface area (Å²) >= 11 is 0. The van der Waals surface area contributed by atoms with Crippen molar-refractivity contribution < 1.29 is 9.47 Å². The van der Waals surface area contributed by atoms with E-state index < -0.39 is 0 Å². The normalized spacial score (nSPS) is 45.0. The van der Waals surface area contributed by atoms with Crippen molar-refractivity contribution in [3.63, 3.8) is 0 Å². The first-order valence-electron chi connectivity index (χ1n) is 7.16. The molecule has 0 aromatic heterocycles. The zero-order valence-electron chi connectivity index (χ0n) is 10.2. The van der Waals surface area contributed by atoms with Gasteiger partial charge in [-0.05, 0) is 56.8 Å². The Morgan fingerprint density at radius 1 is 0.625 bits per heavy atom. The van der Waals surface area contributed by atoms with E-state index in [-0.39, 0.29) is 0 Å². The van der Waals surface area contributed by atoms with Crippen molar-refractivity contribution >= 4 is 0 Å². The maximum absolute atomic E-state index is 5.86. The molecule has 3 fully saturated rings. The molecule has 4 atom stereocenters. The molecule has 0 N–H and O–H groups in total. The van der Waals surface area contributed by atoms with E-state index in [1.807, 2.05) is 0 Å². The largest absolute Gasteiger partial charge is 0.378 e. The van der Waals surface area contributed by atoms with Gasteiger partial charge in [0, 0.05) is 13.2 Å². The van der Waals surface area contributed by atoms with Gasteiger partial charge in [0.25, 0.3) is 0 Å². The second-order valence-electron chi connectivity index (χ2n) is 5.79. The first-order valence-corrected chi connectivity index (χ1v) is 7.16. The maximum Gasteiger partial charge on any atom is 0.0604 e. The minimum atomic E-state index is 0.587. The van der Waals surface area contributed by atoms with Crippen LogP contribution in [-0.2, 0) is 9.47 Å². The Kier molecular flexibility index (Phi) is 3.49. The highest BCUT2D eigenvalue weighted by atomic mass is 16.5. The van der Waals surface area contributed by atoms with Crippen LogP contribution in [0.25, 0.3) is 0 Å². The Bertz CT molecular complexity index is 195. The van der Waals surface area contributed by atoms with Gasteiger partial charge in [-0.25, -0.2) is 0 Å². The average molecular weight is 224 g/mol. The van der Waals surface area contributed by atoms with Crippen LogP contribution in [0.1, 0.15) is 51.4 Å². The smallest absolute Gasteiger partial charge is 0.0604 e. The molecule has 0 amide bonds. The molecule has 3 aliphatic rings. The van der Waals surface area contributed by atoms with Gasteiger partial charge in [-0.1, -0.05) is 6.42 Å². The predicted octanol–water partition coefficient (Wildman–Crippen LogP) is 3.15. The van der Waals surface area contributed by atoms with Gasteiger partial charge in [0.1, 0.15) is 0 Å². The lowest BCUT2D eigenvalue weighted by Crippen LogP contribution is -2.31. The van der Waals surface area contributed by atoms with Gasteiger partial charge in [0.05, 0.1) is 12.2 Å². The lowest BCUT2D eigenvalue weighted by atomic mass is 9.75. The van der Waals surface area contributed by atoms with E-state index >= 15 is 0 Å². The second kappa shape index (κ2) is 5.05. The Labute approximate surface area is 98.7 Å². The Balaban J connectivity index is 1.56. The monoisotopic (exact) mass is 224 g/mol. The molecular weight excluding hydrogens is 200 g/mol. The van der Waals surface area contributed by atoms with E-state index in [0.717, 1.165) is 25.0 Å². The van der Waals surface area contributed by atoms with Crippen molar-refractivity contribution in [2.75, 3.05) is 13.2 Å². The summed E-state index contributed by atoms with van der Waals surface area (Å²) in [7, 11) is 0. The van der Waals surface area contributed by atoms with Gasteiger partial charge in [0.2, 0.25) is 0 Å². The highest BCUT2D eigenvalue weighted by Crippen LogP contribution is 2.39. The van der Waals surface area contributed by atoms with Crippen LogP contribution in [-0.4, -0.2) is 25.4 Å². The van der Waals surface area contributed by atoms with E-state index in [0.29, 0.717) is 12.2 Å². The van der Waals surface area contributed by atoms with Crippen molar-refractivity contribution in [1.82, 2.24) is 0 Å². The van der Waals surface area contributed by atoms with Crippen LogP contribution < -0.4 is 0 Å². The molecule has 4 unspecified atom stereocenters. The molecule has 2 heteroatoms. The molecule has 16 heavy (non-hydrogen) atoms. The predicted molar refractivity (Wildman–Crippen MR) is 63.4 cm³/mol. The third-order valence-corrected chi connectivity index (χ3v) is 4.74. The molecule has 2 heterocycles. The number of hydrogen-bond donors (Lipinski definition) is 0. The molecule has 1 aliphatic carbocycles. The highest BCUT2D eigenvalue weighted by Gasteiger charge is 2.35. The van der Waals surface area contributed by atoms with Gasteiger partial charge in [-0.3, -0.25) is 0 Å². The molecule has 0 radical (unpaired) electrons. The van der Waals surface area contributed by atoms with Crippen molar-refractivity contribution in [1.29, 1.82) is 0 Å². The summed E-state index contributed by atoms with van der Waals surface area (Å²) < 4.78 is 11.7. The molecule has 0 spiro atoms. The fraction of sp³-hybridized carbons (Fsp3) is 1.00. The summed E-state index contributed by atoms with van der Waals surface area (Å²) in [6.45, 7) is 2.01. The van der Waals surface area contributed by atoms with Crippen LogP contribution in [0.4, 0.5) is 0 Å². The molecule has 0 aromatic rings. The standard InChI is InChI=1S/C14H24O2/c1-4-11(13-6-2-8-15-13)10-12(5-1)14-7-3-9-16-14/h11-14H,1-10H2.